The van der Waals surface area contributed by atoms with Crippen LogP contribution in [0.1, 0.15) is 50.4 Å². The quantitative estimate of drug-likeness (QED) is 0.789. The van der Waals surface area contributed by atoms with E-state index in [1.807, 2.05) is 9.80 Å². The van der Waals surface area contributed by atoms with Gasteiger partial charge in [0.25, 0.3) is 0 Å². The Kier molecular flexibility index (Phi) is 5.92. The van der Waals surface area contributed by atoms with Crippen molar-refractivity contribution in [3.05, 3.63) is 16.3 Å². The van der Waals surface area contributed by atoms with Gasteiger partial charge in [-0.2, -0.15) is 13.2 Å². The van der Waals surface area contributed by atoms with Gasteiger partial charge in [-0.15, -0.1) is 5.10 Å². The van der Waals surface area contributed by atoms with Crippen LogP contribution in [0, 0.1) is 0 Å². The van der Waals surface area contributed by atoms with Crippen molar-refractivity contribution < 1.29 is 18.0 Å². The molecule has 0 N–H and O–H groups in total. The summed E-state index contributed by atoms with van der Waals surface area (Å²) in [5.41, 5.74) is -0.749. The highest BCUT2D eigenvalue weighted by Crippen LogP contribution is 2.28. The number of halogens is 3. The van der Waals surface area contributed by atoms with E-state index in [0.717, 1.165) is 50.5 Å². The van der Waals surface area contributed by atoms with Gasteiger partial charge in [0.2, 0.25) is 11.7 Å². The van der Waals surface area contributed by atoms with Gasteiger partial charge in [-0.25, -0.2) is 9.48 Å². The number of carbonyl (C=O) groups is 1. The highest BCUT2D eigenvalue weighted by Gasteiger charge is 2.39. The average molecular weight is 389 g/mol. The summed E-state index contributed by atoms with van der Waals surface area (Å²) in [7, 11) is 1.09. The Bertz CT molecular complexity index is 711. The van der Waals surface area contributed by atoms with Crippen LogP contribution in [0.15, 0.2) is 4.79 Å². The van der Waals surface area contributed by atoms with Crippen molar-refractivity contribution in [1.29, 1.82) is 0 Å². The summed E-state index contributed by atoms with van der Waals surface area (Å²) < 4.78 is 40.3. The molecule has 0 bridgehead atoms. The van der Waals surface area contributed by atoms with E-state index in [1.165, 1.54) is 0 Å². The van der Waals surface area contributed by atoms with Gasteiger partial charge < -0.3 is 4.90 Å². The smallest absolute Gasteiger partial charge is 0.342 e. The Morgan fingerprint density at radius 3 is 2.19 bits per heavy atom. The van der Waals surface area contributed by atoms with E-state index in [0.29, 0.717) is 37.0 Å². The van der Waals surface area contributed by atoms with Crippen LogP contribution in [-0.4, -0.2) is 62.8 Å². The molecule has 152 valence electrons. The summed E-state index contributed by atoms with van der Waals surface area (Å²) in [6.45, 7) is 3.07. The molecule has 0 spiro atoms. The van der Waals surface area contributed by atoms with Gasteiger partial charge in [-0.3, -0.25) is 14.3 Å². The zero-order chi connectivity index (χ0) is 19.6. The summed E-state index contributed by atoms with van der Waals surface area (Å²) >= 11 is 0. The highest BCUT2D eigenvalue weighted by molar-refractivity contribution is 5.78. The maximum absolute atomic E-state index is 12.9. The van der Waals surface area contributed by atoms with Gasteiger partial charge in [0.05, 0.1) is 12.6 Å². The minimum absolute atomic E-state index is 0.115. The number of likely N-dealkylation sites (tertiary alicyclic amines) is 2. The topological polar surface area (TPSA) is 63.4 Å². The van der Waals surface area contributed by atoms with Crippen LogP contribution in [0.2, 0.25) is 0 Å². The van der Waals surface area contributed by atoms with E-state index < -0.39 is 17.7 Å². The van der Waals surface area contributed by atoms with E-state index in [-0.39, 0.29) is 11.9 Å². The molecule has 7 nitrogen and oxygen atoms in total. The lowest BCUT2D eigenvalue weighted by molar-refractivity contribution is -0.147. The molecule has 1 aromatic heterocycles. The van der Waals surface area contributed by atoms with Crippen molar-refractivity contribution in [2.24, 2.45) is 7.05 Å². The van der Waals surface area contributed by atoms with Crippen LogP contribution in [0.4, 0.5) is 13.2 Å². The Hall–Kier alpha value is -1.84. The van der Waals surface area contributed by atoms with Crippen LogP contribution in [-0.2, 0) is 18.0 Å². The first-order valence-corrected chi connectivity index (χ1v) is 9.50. The summed E-state index contributed by atoms with van der Waals surface area (Å²) in [6.07, 6.45) is 0.750. The highest BCUT2D eigenvalue weighted by atomic mass is 19.4. The number of rotatable bonds is 3. The molecule has 1 amide bonds. The molecule has 0 aliphatic carbocycles. The van der Waals surface area contributed by atoms with E-state index in [9.17, 15) is 22.8 Å². The molecule has 0 radical (unpaired) electrons. The number of aromatic nitrogens is 3. The van der Waals surface area contributed by atoms with Crippen molar-refractivity contribution in [3.8, 4) is 0 Å². The number of hydrogen-bond acceptors (Lipinski definition) is 4. The summed E-state index contributed by atoms with van der Waals surface area (Å²) in [6, 6.07) is -0.371. The lowest BCUT2D eigenvalue weighted by Gasteiger charge is -2.32. The molecule has 2 aliphatic heterocycles. The fraction of sp³-hybridized carbons (Fsp3) is 0.824. The molecule has 0 atom stereocenters. The third-order valence-corrected chi connectivity index (χ3v) is 5.48. The molecule has 1 aromatic rings. The van der Waals surface area contributed by atoms with E-state index in [2.05, 4.69) is 5.10 Å². The minimum atomic E-state index is -4.65. The lowest BCUT2D eigenvalue weighted by atomic mass is 10.1. The van der Waals surface area contributed by atoms with Gasteiger partial charge in [-0.1, -0.05) is 12.8 Å². The fourth-order valence-corrected chi connectivity index (χ4v) is 3.87. The third-order valence-electron chi connectivity index (χ3n) is 5.48. The van der Waals surface area contributed by atoms with Gasteiger partial charge in [0, 0.05) is 33.2 Å². The summed E-state index contributed by atoms with van der Waals surface area (Å²) in [4.78, 5) is 28.5. The molecule has 27 heavy (non-hydrogen) atoms. The Morgan fingerprint density at radius 1 is 1.07 bits per heavy atom. The second kappa shape index (κ2) is 8.04. The largest absolute Gasteiger partial charge is 0.451 e. The van der Waals surface area contributed by atoms with E-state index in [4.69, 9.17) is 0 Å². The van der Waals surface area contributed by atoms with Crippen LogP contribution < -0.4 is 5.69 Å². The number of nitrogens with zero attached hydrogens (tertiary/aromatic N) is 5. The molecule has 0 aromatic carbocycles. The van der Waals surface area contributed by atoms with Crippen molar-refractivity contribution >= 4 is 5.91 Å². The maximum Gasteiger partial charge on any atom is 0.451 e. The van der Waals surface area contributed by atoms with Crippen molar-refractivity contribution in [3.63, 3.8) is 0 Å². The van der Waals surface area contributed by atoms with Crippen LogP contribution >= 0.6 is 0 Å². The molecule has 2 fully saturated rings. The first-order valence-electron chi connectivity index (χ1n) is 9.50. The second-order valence-corrected chi connectivity index (χ2v) is 7.41. The normalized spacial score (nSPS) is 20.7. The van der Waals surface area contributed by atoms with Gasteiger partial charge >= 0.3 is 11.9 Å². The molecule has 2 saturated heterocycles. The molecule has 10 heteroatoms. The van der Waals surface area contributed by atoms with Crippen LogP contribution in [0.3, 0.4) is 0 Å². The van der Waals surface area contributed by atoms with Gasteiger partial charge in [0.15, 0.2) is 0 Å². The van der Waals surface area contributed by atoms with Gasteiger partial charge in [0.1, 0.15) is 0 Å². The molecule has 3 rings (SSSR count). The average Bonchev–Trinajstić information content (AvgIpc) is 2.81. The van der Waals surface area contributed by atoms with Crippen LogP contribution in [0.25, 0.3) is 0 Å². The van der Waals surface area contributed by atoms with Crippen molar-refractivity contribution in [1.82, 2.24) is 24.1 Å². The van der Waals surface area contributed by atoms with Crippen molar-refractivity contribution in [2.45, 2.75) is 50.7 Å². The Balaban J connectivity index is 1.58. The van der Waals surface area contributed by atoms with E-state index >= 15 is 0 Å². The molecular weight excluding hydrogens is 363 g/mol. The second-order valence-electron chi connectivity index (χ2n) is 7.41. The molecule has 3 heterocycles. The third kappa shape index (κ3) is 4.53. The zero-order valence-electron chi connectivity index (χ0n) is 15.5. The van der Waals surface area contributed by atoms with Crippen molar-refractivity contribution in [2.75, 3.05) is 32.7 Å². The lowest BCUT2D eigenvalue weighted by Crippen LogP contribution is -2.44. The molecule has 0 saturated carbocycles. The SMILES string of the molecule is Cn1c(C(F)(F)F)nn(C2CCN(CC(=O)N3CCCCCC3)CC2)c1=O. The predicted octanol–water partition coefficient (Wildman–Crippen LogP) is 1.64. The predicted molar refractivity (Wildman–Crippen MR) is 92.2 cm³/mol. The fourth-order valence-electron chi connectivity index (χ4n) is 3.87. The van der Waals surface area contributed by atoms with Gasteiger partial charge in [-0.05, 0) is 25.7 Å². The number of carbonyl (C=O) groups excluding carboxylic acids is 1. The number of alkyl halides is 3. The zero-order valence-corrected chi connectivity index (χ0v) is 15.5. The maximum atomic E-state index is 12.9. The number of piperidine rings is 1. The monoisotopic (exact) mass is 389 g/mol. The molecule has 0 unspecified atom stereocenters. The standard InChI is InChI=1S/C17H26F3N5O2/c1-22-15(17(18,19)20)21-25(16(22)27)13-6-10-23(11-7-13)12-14(26)24-8-4-2-3-5-9-24/h13H,2-12H2,1H3. The molecular formula is C17H26F3N5O2. The first kappa shape index (κ1) is 19.9. The summed E-state index contributed by atoms with van der Waals surface area (Å²) in [5, 5.41) is 3.52. The van der Waals surface area contributed by atoms with Crippen LogP contribution in [0.5, 0.6) is 0 Å². The Labute approximate surface area is 155 Å². The van der Waals surface area contributed by atoms with E-state index in [1.54, 1.807) is 0 Å². The molecule has 2 aliphatic rings. The first-order chi connectivity index (χ1) is 12.8. The number of hydrogen-bond donors (Lipinski definition) is 0. The minimum Gasteiger partial charge on any atom is -0.342 e. The number of amides is 1. The summed E-state index contributed by atoms with van der Waals surface area (Å²) in [5.74, 6) is -1.06. The Morgan fingerprint density at radius 2 is 1.67 bits per heavy atom.